The third-order valence-corrected chi connectivity index (χ3v) is 5.65. The molecule has 2 amide bonds. The molecule has 1 unspecified atom stereocenters. The Kier molecular flexibility index (Phi) is 9.29. The van der Waals surface area contributed by atoms with Gasteiger partial charge >= 0.3 is 6.09 Å². The number of hydrogen-bond donors (Lipinski definition) is 1. The molecular weight excluding hydrogens is 428 g/mol. The van der Waals surface area contributed by atoms with E-state index in [4.69, 9.17) is 11.2 Å². The lowest BCUT2D eigenvalue weighted by Crippen LogP contribution is -2.49. The highest BCUT2D eigenvalue weighted by atomic mass is 32.2. The van der Waals surface area contributed by atoms with Gasteiger partial charge in [0.05, 0.1) is 12.3 Å². The quantitative estimate of drug-likeness (QED) is 0.555. The molecule has 1 atom stereocenters. The van der Waals surface area contributed by atoms with Crippen LogP contribution in [0.5, 0.6) is 0 Å². The number of benzene rings is 2. The Morgan fingerprint density at radius 3 is 2.34 bits per heavy atom. The fraction of sp³-hybridized carbons (Fsp3) is 0.333. The summed E-state index contributed by atoms with van der Waals surface area (Å²) in [4.78, 5) is 26.9. The summed E-state index contributed by atoms with van der Waals surface area (Å²) in [6.45, 7) is 2.24. The van der Waals surface area contributed by atoms with E-state index in [2.05, 4.69) is 11.2 Å². The Labute approximate surface area is 189 Å². The van der Waals surface area contributed by atoms with Gasteiger partial charge in [0.25, 0.3) is 0 Å². The van der Waals surface area contributed by atoms with Gasteiger partial charge in [-0.05, 0) is 24.5 Å². The fourth-order valence-corrected chi connectivity index (χ4v) is 3.62. The Bertz CT molecular complexity index is 1040. The zero-order chi connectivity index (χ0) is 23.6. The number of carbonyl (C=O) groups excluding carboxylic acids is 2. The second-order valence-corrected chi connectivity index (χ2v) is 9.82. The van der Waals surface area contributed by atoms with Crippen molar-refractivity contribution in [1.29, 1.82) is 0 Å². The molecule has 0 saturated heterocycles. The van der Waals surface area contributed by atoms with E-state index in [1.807, 2.05) is 49.4 Å². The van der Waals surface area contributed by atoms with E-state index < -0.39 is 27.9 Å². The van der Waals surface area contributed by atoms with E-state index in [-0.39, 0.29) is 31.9 Å². The van der Waals surface area contributed by atoms with Gasteiger partial charge in [0.15, 0.2) is 0 Å². The number of rotatable bonds is 10. The Morgan fingerprint density at radius 1 is 1.09 bits per heavy atom. The Morgan fingerprint density at radius 2 is 1.75 bits per heavy atom. The lowest BCUT2D eigenvalue weighted by atomic mass is 10.1. The van der Waals surface area contributed by atoms with Crippen LogP contribution < -0.4 is 5.32 Å². The maximum atomic E-state index is 13.2. The highest BCUT2D eigenvalue weighted by molar-refractivity contribution is 7.90. The normalized spacial score (nSPS) is 11.8. The number of nitrogens with zero attached hydrogens (tertiary/aromatic N) is 1. The van der Waals surface area contributed by atoms with Crippen molar-refractivity contribution in [2.75, 3.05) is 18.6 Å². The van der Waals surface area contributed by atoms with Gasteiger partial charge in [-0.25, -0.2) is 13.2 Å². The van der Waals surface area contributed by atoms with Gasteiger partial charge in [0, 0.05) is 12.8 Å². The molecule has 0 aliphatic rings. The monoisotopic (exact) mass is 456 g/mol. The Balaban J connectivity index is 2.12. The highest BCUT2D eigenvalue weighted by Crippen LogP contribution is 2.11. The van der Waals surface area contributed by atoms with Crippen molar-refractivity contribution in [3.05, 3.63) is 71.3 Å². The largest absolute Gasteiger partial charge is 0.445 e. The maximum absolute atomic E-state index is 13.2. The summed E-state index contributed by atoms with van der Waals surface area (Å²) < 4.78 is 28.5. The van der Waals surface area contributed by atoms with Crippen LogP contribution in [0.4, 0.5) is 4.79 Å². The summed E-state index contributed by atoms with van der Waals surface area (Å²) in [5, 5.41) is 2.51. The number of amides is 2. The van der Waals surface area contributed by atoms with Crippen LogP contribution in [0.3, 0.4) is 0 Å². The number of ether oxygens (including phenoxy) is 1. The van der Waals surface area contributed by atoms with Gasteiger partial charge in [-0.15, -0.1) is 6.42 Å². The Hall–Kier alpha value is -3.31. The summed E-state index contributed by atoms with van der Waals surface area (Å²) in [7, 11) is -3.35. The lowest BCUT2D eigenvalue weighted by Gasteiger charge is -2.26. The first-order valence-electron chi connectivity index (χ1n) is 10.1. The molecule has 1 N–H and O–H groups in total. The van der Waals surface area contributed by atoms with E-state index in [9.17, 15) is 18.0 Å². The van der Waals surface area contributed by atoms with Crippen LogP contribution in [0.1, 0.15) is 23.1 Å². The number of aryl methyl sites for hydroxylation is 1. The number of carbonyl (C=O) groups is 2. The maximum Gasteiger partial charge on any atom is 0.408 e. The second kappa shape index (κ2) is 11.9. The lowest BCUT2D eigenvalue weighted by molar-refractivity contribution is -0.133. The topological polar surface area (TPSA) is 92.8 Å². The molecule has 2 aromatic carbocycles. The van der Waals surface area contributed by atoms with E-state index >= 15 is 0 Å². The molecular formula is C24H28N2O5S. The summed E-state index contributed by atoms with van der Waals surface area (Å²) in [6, 6.07) is 15.6. The van der Waals surface area contributed by atoms with E-state index in [0.717, 1.165) is 22.9 Å². The first-order valence-corrected chi connectivity index (χ1v) is 12.2. The number of nitrogens with one attached hydrogen (secondary N) is 1. The van der Waals surface area contributed by atoms with Gasteiger partial charge in [-0.3, -0.25) is 4.79 Å². The van der Waals surface area contributed by atoms with Gasteiger partial charge in [-0.2, -0.15) is 0 Å². The van der Waals surface area contributed by atoms with Crippen LogP contribution in [0.15, 0.2) is 54.6 Å². The van der Waals surface area contributed by atoms with Crippen molar-refractivity contribution in [2.24, 2.45) is 0 Å². The van der Waals surface area contributed by atoms with Crippen molar-refractivity contribution >= 4 is 21.8 Å². The highest BCUT2D eigenvalue weighted by Gasteiger charge is 2.27. The van der Waals surface area contributed by atoms with Crippen LogP contribution in [0.2, 0.25) is 0 Å². The predicted molar refractivity (Wildman–Crippen MR) is 123 cm³/mol. The number of alkyl carbamates (subject to hydrolysis) is 1. The van der Waals surface area contributed by atoms with Crippen molar-refractivity contribution < 1.29 is 22.7 Å². The molecule has 32 heavy (non-hydrogen) atoms. The molecule has 7 nitrogen and oxygen atoms in total. The summed E-state index contributed by atoms with van der Waals surface area (Å²) in [5.41, 5.74) is 2.74. The van der Waals surface area contributed by atoms with Gasteiger partial charge in [0.2, 0.25) is 5.91 Å². The minimum absolute atomic E-state index is 0.0167. The summed E-state index contributed by atoms with van der Waals surface area (Å²) in [6.07, 6.45) is 5.63. The number of sulfone groups is 1. The molecule has 0 spiro atoms. The average molecular weight is 457 g/mol. The minimum Gasteiger partial charge on any atom is -0.445 e. The third kappa shape index (κ3) is 8.82. The fourth-order valence-electron chi connectivity index (χ4n) is 2.95. The average Bonchev–Trinajstić information content (AvgIpc) is 2.76. The zero-order valence-corrected chi connectivity index (χ0v) is 19.1. The number of hydrogen-bond acceptors (Lipinski definition) is 5. The summed E-state index contributed by atoms with van der Waals surface area (Å²) >= 11 is 0. The molecule has 0 bridgehead atoms. The van der Waals surface area contributed by atoms with Gasteiger partial charge in [0.1, 0.15) is 22.5 Å². The molecule has 0 fully saturated rings. The smallest absolute Gasteiger partial charge is 0.408 e. The molecule has 2 rings (SSSR count). The molecule has 0 aromatic heterocycles. The van der Waals surface area contributed by atoms with E-state index in [1.165, 1.54) is 4.90 Å². The first kappa shape index (κ1) is 25.0. The SMILES string of the molecule is C#CCN(Cc1ccc(C)cc1)C(=O)C(CCS(C)(=O)=O)NC(=O)OCc1ccccc1. The van der Waals surface area contributed by atoms with Crippen LogP contribution >= 0.6 is 0 Å². The van der Waals surface area contributed by atoms with Crippen molar-refractivity contribution in [3.8, 4) is 12.3 Å². The van der Waals surface area contributed by atoms with Crippen molar-refractivity contribution in [3.63, 3.8) is 0 Å². The molecule has 0 aliphatic heterocycles. The second-order valence-electron chi connectivity index (χ2n) is 7.56. The number of terminal acetylenes is 1. The van der Waals surface area contributed by atoms with E-state index in [0.29, 0.717) is 0 Å². The van der Waals surface area contributed by atoms with Crippen molar-refractivity contribution in [2.45, 2.75) is 32.5 Å². The molecule has 0 aliphatic carbocycles. The van der Waals surface area contributed by atoms with Crippen LogP contribution in [0, 0.1) is 19.3 Å². The minimum atomic E-state index is -3.35. The van der Waals surface area contributed by atoms with Crippen LogP contribution in [0.25, 0.3) is 0 Å². The molecule has 0 heterocycles. The first-order chi connectivity index (χ1) is 15.2. The molecule has 170 valence electrons. The summed E-state index contributed by atoms with van der Waals surface area (Å²) in [5.74, 6) is 1.71. The van der Waals surface area contributed by atoms with E-state index in [1.54, 1.807) is 12.1 Å². The van der Waals surface area contributed by atoms with Gasteiger partial charge < -0.3 is 15.0 Å². The molecule has 8 heteroatoms. The van der Waals surface area contributed by atoms with Gasteiger partial charge in [-0.1, -0.05) is 66.1 Å². The molecule has 0 saturated carbocycles. The van der Waals surface area contributed by atoms with Crippen LogP contribution in [-0.4, -0.2) is 49.9 Å². The third-order valence-electron chi connectivity index (χ3n) is 4.67. The zero-order valence-electron chi connectivity index (χ0n) is 18.3. The van der Waals surface area contributed by atoms with Crippen LogP contribution in [-0.2, 0) is 32.5 Å². The molecule has 2 aromatic rings. The standard InChI is InChI=1S/C24H28N2O5S/c1-4-15-26(17-20-12-10-19(2)11-13-20)23(27)22(14-16-32(3,29)30)25-24(28)31-18-21-8-6-5-7-9-21/h1,5-13,22H,14-18H2,2-3H3,(H,25,28). The van der Waals surface area contributed by atoms with Crippen molar-refractivity contribution in [1.82, 2.24) is 10.2 Å². The molecule has 0 radical (unpaired) electrons. The predicted octanol–water partition coefficient (Wildman–Crippen LogP) is 2.69.